The molecule has 0 spiro atoms. The number of fused-ring (bicyclic) bond motifs is 2. The minimum atomic E-state index is -0.365. The molecule has 0 unspecified atom stereocenters. The fraction of sp³-hybridized carbons (Fsp3) is 0.250. The lowest BCUT2D eigenvalue weighted by Gasteiger charge is -2.32. The maximum atomic E-state index is 11.3. The molecule has 0 radical (unpaired) electrons. The number of nitro groups is 1. The summed E-state index contributed by atoms with van der Waals surface area (Å²) >= 11 is 0. The zero-order valence-corrected chi connectivity index (χ0v) is 15.1. The highest BCUT2D eigenvalue weighted by molar-refractivity contribution is 5.99. The van der Waals surface area contributed by atoms with E-state index in [0.29, 0.717) is 17.7 Å². The number of anilines is 1. The van der Waals surface area contributed by atoms with Crippen LogP contribution >= 0.6 is 0 Å². The summed E-state index contributed by atoms with van der Waals surface area (Å²) in [5, 5.41) is 12.7. The van der Waals surface area contributed by atoms with Gasteiger partial charge in [0.15, 0.2) is 11.5 Å². The van der Waals surface area contributed by atoms with E-state index in [2.05, 4.69) is 9.88 Å². The number of nitrogens with zero attached hydrogens (tertiary/aromatic N) is 3. The standard InChI is InChI=1S/C20H19N3O4/c1-26-19-9-13-6-8-22(12-14(13)10-20(19)27-2)17-3-4-18(23(24)25)16-11-21-7-5-15(16)17/h3-5,7,9-11H,6,8,12H2,1-2H3. The highest BCUT2D eigenvalue weighted by Crippen LogP contribution is 2.37. The van der Waals surface area contributed by atoms with Crippen molar-refractivity contribution in [2.75, 3.05) is 25.7 Å². The molecule has 0 saturated carbocycles. The van der Waals surface area contributed by atoms with Crippen molar-refractivity contribution >= 4 is 22.1 Å². The van der Waals surface area contributed by atoms with Crippen LogP contribution in [0.2, 0.25) is 0 Å². The van der Waals surface area contributed by atoms with Crippen LogP contribution in [-0.2, 0) is 13.0 Å². The molecule has 7 heteroatoms. The van der Waals surface area contributed by atoms with Gasteiger partial charge in [0.2, 0.25) is 0 Å². The molecule has 4 rings (SSSR count). The zero-order chi connectivity index (χ0) is 19.0. The molecule has 0 N–H and O–H groups in total. The summed E-state index contributed by atoms with van der Waals surface area (Å²) in [6, 6.07) is 9.26. The minimum Gasteiger partial charge on any atom is -0.493 e. The third-order valence-corrected chi connectivity index (χ3v) is 5.03. The molecule has 1 aromatic heterocycles. The molecule has 0 amide bonds. The monoisotopic (exact) mass is 365 g/mol. The largest absolute Gasteiger partial charge is 0.493 e. The van der Waals surface area contributed by atoms with Crippen molar-refractivity contribution in [1.29, 1.82) is 0 Å². The lowest BCUT2D eigenvalue weighted by Crippen LogP contribution is -2.30. The molecule has 1 aliphatic rings. The molecule has 2 aromatic carbocycles. The first-order chi connectivity index (χ1) is 13.1. The second-order valence-electron chi connectivity index (χ2n) is 6.43. The summed E-state index contributed by atoms with van der Waals surface area (Å²) in [6.07, 6.45) is 4.09. The smallest absolute Gasteiger partial charge is 0.278 e. The maximum absolute atomic E-state index is 11.3. The van der Waals surface area contributed by atoms with Crippen molar-refractivity contribution in [1.82, 2.24) is 4.98 Å². The Balaban J connectivity index is 1.76. The molecule has 3 aromatic rings. The van der Waals surface area contributed by atoms with Crippen LogP contribution in [-0.4, -0.2) is 30.7 Å². The Morgan fingerprint density at radius 2 is 1.81 bits per heavy atom. The first-order valence-electron chi connectivity index (χ1n) is 8.62. The van der Waals surface area contributed by atoms with Gasteiger partial charge in [-0.05, 0) is 41.8 Å². The number of hydrogen-bond donors (Lipinski definition) is 0. The van der Waals surface area contributed by atoms with Gasteiger partial charge < -0.3 is 14.4 Å². The van der Waals surface area contributed by atoms with E-state index < -0.39 is 0 Å². The average Bonchev–Trinajstić information content (AvgIpc) is 2.71. The van der Waals surface area contributed by atoms with Gasteiger partial charge >= 0.3 is 0 Å². The van der Waals surface area contributed by atoms with E-state index in [4.69, 9.17) is 9.47 Å². The van der Waals surface area contributed by atoms with Gasteiger partial charge in [0, 0.05) is 42.6 Å². The number of non-ortho nitro benzene ring substituents is 1. The number of ether oxygens (including phenoxy) is 2. The third-order valence-electron chi connectivity index (χ3n) is 5.03. The van der Waals surface area contributed by atoms with Gasteiger partial charge in [-0.1, -0.05) is 0 Å². The summed E-state index contributed by atoms with van der Waals surface area (Å²) in [5.41, 5.74) is 3.44. The average molecular weight is 365 g/mol. The number of hydrogen-bond acceptors (Lipinski definition) is 6. The predicted octanol–water partition coefficient (Wildman–Crippen LogP) is 3.72. The quantitative estimate of drug-likeness (QED) is 0.518. The topological polar surface area (TPSA) is 77.7 Å². The van der Waals surface area contributed by atoms with Crippen molar-refractivity contribution in [3.63, 3.8) is 0 Å². The summed E-state index contributed by atoms with van der Waals surface area (Å²) in [7, 11) is 3.26. The van der Waals surface area contributed by atoms with Crippen LogP contribution in [0.1, 0.15) is 11.1 Å². The number of rotatable bonds is 4. The zero-order valence-electron chi connectivity index (χ0n) is 15.1. The summed E-state index contributed by atoms with van der Waals surface area (Å²) in [5.74, 6) is 1.44. The minimum absolute atomic E-state index is 0.0747. The normalized spacial score (nSPS) is 13.3. The molecule has 138 valence electrons. The van der Waals surface area contributed by atoms with Gasteiger partial charge in [0.25, 0.3) is 5.69 Å². The first-order valence-corrected chi connectivity index (χ1v) is 8.62. The van der Waals surface area contributed by atoms with Crippen LogP contribution in [0.15, 0.2) is 42.7 Å². The maximum Gasteiger partial charge on any atom is 0.278 e. The van der Waals surface area contributed by atoms with Crippen LogP contribution in [0, 0.1) is 10.1 Å². The highest BCUT2D eigenvalue weighted by Gasteiger charge is 2.23. The Morgan fingerprint density at radius 1 is 1.07 bits per heavy atom. The van der Waals surface area contributed by atoms with Gasteiger partial charge in [0.1, 0.15) is 0 Å². The second-order valence-corrected chi connectivity index (χ2v) is 6.43. The molecule has 1 aliphatic heterocycles. The lowest BCUT2D eigenvalue weighted by atomic mass is 9.97. The molecule has 0 saturated heterocycles. The van der Waals surface area contributed by atoms with Gasteiger partial charge in [-0.2, -0.15) is 0 Å². The van der Waals surface area contributed by atoms with E-state index in [-0.39, 0.29) is 10.6 Å². The number of methoxy groups -OCH3 is 2. The molecular formula is C20H19N3O4. The number of benzene rings is 2. The van der Waals surface area contributed by atoms with Crippen LogP contribution < -0.4 is 14.4 Å². The summed E-state index contributed by atoms with van der Waals surface area (Å²) in [6.45, 7) is 1.52. The fourth-order valence-electron chi connectivity index (χ4n) is 3.68. The molecule has 7 nitrogen and oxygen atoms in total. The Hall–Kier alpha value is -3.35. The molecule has 0 atom stereocenters. The molecule has 0 fully saturated rings. The number of nitro benzene ring substituents is 1. The Morgan fingerprint density at radius 3 is 2.52 bits per heavy atom. The highest BCUT2D eigenvalue weighted by atomic mass is 16.6. The van der Waals surface area contributed by atoms with E-state index in [9.17, 15) is 10.1 Å². The van der Waals surface area contributed by atoms with Crippen LogP contribution in [0.5, 0.6) is 11.5 Å². The van der Waals surface area contributed by atoms with Crippen molar-refractivity contribution < 1.29 is 14.4 Å². The van der Waals surface area contributed by atoms with Crippen molar-refractivity contribution in [3.8, 4) is 11.5 Å². The van der Waals surface area contributed by atoms with Crippen LogP contribution in [0.4, 0.5) is 11.4 Å². The first kappa shape index (κ1) is 17.1. The van der Waals surface area contributed by atoms with Gasteiger partial charge in [0.05, 0.1) is 24.5 Å². The van der Waals surface area contributed by atoms with Crippen LogP contribution in [0.3, 0.4) is 0 Å². The Kier molecular flexibility index (Phi) is 4.27. The molecular weight excluding hydrogens is 346 g/mol. The molecule has 0 aliphatic carbocycles. The van der Waals surface area contributed by atoms with Gasteiger partial charge in [-0.3, -0.25) is 15.1 Å². The lowest BCUT2D eigenvalue weighted by molar-refractivity contribution is -0.383. The van der Waals surface area contributed by atoms with Crippen molar-refractivity contribution in [3.05, 3.63) is 64.0 Å². The second kappa shape index (κ2) is 6.75. The van der Waals surface area contributed by atoms with E-state index in [0.717, 1.165) is 29.8 Å². The van der Waals surface area contributed by atoms with Gasteiger partial charge in [-0.25, -0.2) is 0 Å². The number of aromatic nitrogens is 1. The Labute approximate surface area is 156 Å². The fourth-order valence-corrected chi connectivity index (χ4v) is 3.68. The Bertz CT molecular complexity index is 1040. The van der Waals surface area contributed by atoms with Crippen LogP contribution in [0.25, 0.3) is 10.8 Å². The summed E-state index contributed by atoms with van der Waals surface area (Å²) in [4.78, 5) is 17.3. The van der Waals surface area contributed by atoms with E-state index >= 15 is 0 Å². The van der Waals surface area contributed by atoms with E-state index in [1.54, 1.807) is 32.7 Å². The molecule has 0 bridgehead atoms. The predicted molar refractivity (Wildman–Crippen MR) is 103 cm³/mol. The third kappa shape index (κ3) is 2.91. The van der Waals surface area contributed by atoms with E-state index in [1.165, 1.54) is 11.1 Å². The van der Waals surface area contributed by atoms with Crippen molar-refractivity contribution in [2.24, 2.45) is 0 Å². The molecule has 2 heterocycles. The van der Waals surface area contributed by atoms with Crippen molar-refractivity contribution in [2.45, 2.75) is 13.0 Å². The van der Waals surface area contributed by atoms with Gasteiger partial charge in [-0.15, -0.1) is 0 Å². The number of pyridine rings is 1. The molecule has 27 heavy (non-hydrogen) atoms. The summed E-state index contributed by atoms with van der Waals surface area (Å²) < 4.78 is 10.8. The van der Waals surface area contributed by atoms with E-state index in [1.807, 2.05) is 24.3 Å². The SMILES string of the molecule is COc1cc2c(cc1OC)CN(c1ccc([N+](=O)[O-])c3cnccc13)CC2.